The average Bonchev–Trinajstić information content (AvgIpc) is 2.15. The molecule has 0 saturated carbocycles. The highest BCUT2D eigenvalue weighted by molar-refractivity contribution is 4.83. The second-order valence-electron chi connectivity index (χ2n) is 4.30. The van der Waals surface area contributed by atoms with Gasteiger partial charge in [-0.05, 0) is 34.2 Å². The van der Waals surface area contributed by atoms with E-state index in [0.29, 0.717) is 6.42 Å². The molecule has 0 aromatic rings. The summed E-state index contributed by atoms with van der Waals surface area (Å²) < 4.78 is 41.5. The summed E-state index contributed by atoms with van der Waals surface area (Å²) in [7, 11) is 1.65. The van der Waals surface area contributed by atoms with Crippen molar-refractivity contribution in [3.05, 3.63) is 0 Å². The fraction of sp³-hybridized carbons (Fsp3) is 1.00. The first kappa shape index (κ1) is 15.7. The molecule has 0 aromatic heterocycles. The Balaban J connectivity index is 4.23. The Morgan fingerprint density at radius 1 is 1.31 bits per heavy atom. The summed E-state index contributed by atoms with van der Waals surface area (Å²) in [6.07, 6.45) is -6.41. The molecule has 3 atom stereocenters. The minimum absolute atomic E-state index is 0.155. The minimum Gasteiger partial charge on any atom is -0.394 e. The number of nitrogens with one attached hydrogen (secondary N) is 1. The van der Waals surface area contributed by atoms with Crippen LogP contribution >= 0.6 is 0 Å². The van der Waals surface area contributed by atoms with Crippen LogP contribution in [0.1, 0.15) is 27.2 Å². The molecule has 0 aliphatic rings. The Kier molecular flexibility index (Phi) is 5.72. The van der Waals surface area contributed by atoms with Gasteiger partial charge in [-0.15, -0.1) is 0 Å². The molecule has 3 unspecified atom stereocenters. The van der Waals surface area contributed by atoms with E-state index >= 15 is 0 Å². The largest absolute Gasteiger partial charge is 0.414 e. The Morgan fingerprint density at radius 3 is 2.12 bits per heavy atom. The molecule has 0 fully saturated rings. The summed E-state index contributed by atoms with van der Waals surface area (Å²) in [6, 6.07) is 0. The topological polar surface area (TPSA) is 41.5 Å². The predicted octanol–water partition coefficient (Wildman–Crippen LogP) is 1.70. The molecule has 0 heterocycles. The van der Waals surface area contributed by atoms with E-state index in [4.69, 9.17) is 9.84 Å². The van der Waals surface area contributed by atoms with Crippen molar-refractivity contribution in [3.63, 3.8) is 0 Å². The quantitative estimate of drug-likeness (QED) is 0.746. The highest BCUT2D eigenvalue weighted by Crippen LogP contribution is 2.25. The van der Waals surface area contributed by atoms with E-state index in [1.54, 1.807) is 20.9 Å². The van der Waals surface area contributed by atoms with E-state index in [1.165, 1.54) is 0 Å². The van der Waals surface area contributed by atoms with Crippen molar-refractivity contribution in [2.75, 3.05) is 13.7 Å². The molecule has 0 saturated heterocycles. The monoisotopic (exact) mass is 243 g/mol. The standard InChI is InChI=1S/C10H20F3NO2/c1-7(5-9(3,6-15)14-4)16-8(2)10(11,12)13/h7-8,14-15H,5-6H2,1-4H3. The molecule has 2 N–H and O–H groups in total. The fourth-order valence-electron chi connectivity index (χ4n) is 1.35. The zero-order valence-corrected chi connectivity index (χ0v) is 10.1. The second kappa shape index (κ2) is 5.84. The molecule has 0 aliphatic carbocycles. The molecule has 0 bridgehead atoms. The van der Waals surface area contributed by atoms with Gasteiger partial charge in [-0.1, -0.05) is 0 Å². The van der Waals surface area contributed by atoms with Gasteiger partial charge >= 0.3 is 6.18 Å². The zero-order chi connectivity index (χ0) is 13.0. The number of halogens is 3. The van der Waals surface area contributed by atoms with Crippen LogP contribution in [0.3, 0.4) is 0 Å². The molecule has 0 aromatic carbocycles. The van der Waals surface area contributed by atoms with Crippen LogP contribution in [-0.4, -0.2) is 42.7 Å². The van der Waals surface area contributed by atoms with Crippen LogP contribution in [0.15, 0.2) is 0 Å². The van der Waals surface area contributed by atoms with Crippen LogP contribution in [0.4, 0.5) is 13.2 Å². The van der Waals surface area contributed by atoms with E-state index in [2.05, 4.69) is 5.32 Å². The lowest BCUT2D eigenvalue weighted by molar-refractivity contribution is -0.226. The van der Waals surface area contributed by atoms with Crippen molar-refractivity contribution in [1.82, 2.24) is 5.32 Å². The number of rotatable bonds is 6. The van der Waals surface area contributed by atoms with Crippen LogP contribution in [0.25, 0.3) is 0 Å². The maximum Gasteiger partial charge on any atom is 0.414 e. The molecular formula is C10H20F3NO2. The summed E-state index contributed by atoms with van der Waals surface area (Å²) in [5, 5.41) is 11.9. The molecule has 3 nitrogen and oxygen atoms in total. The third-order valence-electron chi connectivity index (χ3n) is 2.59. The van der Waals surface area contributed by atoms with Gasteiger partial charge in [-0.25, -0.2) is 0 Å². The Labute approximate surface area is 94.0 Å². The van der Waals surface area contributed by atoms with Gasteiger partial charge in [0.2, 0.25) is 0 Å². The Morgan fingerprint density at radius 2 is 1.81 bits per heavy atom. The Hall–Kier alpha value is -0.330. The lowest BCUT2D eigenvalue weighted by atomic mass is 9.96. The maximum atomic E-state index is 12.2. The lowest BCUT2D eigenvalue weighted by Crippen LogP contribution is -2.47. The van der Waals surface area contributed by atoms with Crippen molar-refractivity contribution < 1.29 is 23.0 Å². The first-order valence-corrected chi connectivity index (χ1v) is 5.16. The van der Waals surface area contributed by atoms with Gasteiger partial charge in [0.15, 0.2) is 6.10 Å². The van der Waals surface area contributed by atoms with Crippen molar-refractivity contribution in [3.8, 4) is 0 Å². The summed E-state index contributed by atoms with van der Waals surface area (Å²) in [4.78, 5) is 0. The summed E-state index contributed by atoms with van der Waals surface area (Å²) in [5.74, 6) is 0. The third kappa shape index (κ3) is 5.14. The number of hydrogen-bond donors (Lipinski definition) is 2. The van der Waals surface area contributed by atoms with Crippen LogP contribution < -0.4 is 5.32 Å². The molecular weight excluding hydrogens is 223 g/mol. The first-order valence-electron chi connectivity index (χ1n) is 5.16. The molecule has 0 amide bonds. The van der Waals surface area contributed by atoms with E-state index in [1.807, 2.05) is 0 Å². The van der Waals surface area contributed by atoms with Crippen LogP contribution in [0.2, 0.25) is 0 Å². The van der Waals surface area contributed by atoms with Gasteiger partial charge in [0.25, 0.3) is 0 Å². The average molecular weight is 243 g/mol. The SMILES string of the molecule is CNC(C)(CO)CC(C)OC(C)C(F)(F)F. The van der Waals surface area contributed by atoms with E-state index in [0.717, 1.165) is 6.92 Å². The number of aliphatic hydroxyl groups is 1. The highest BCUT2D eigenvalue weighted by Gasteiger charge is 2.38. The number of ether oxygens (including phenoxy) is 1. The summed E-state index contributed by atoms with van der Waals surface area (Å²) in [6.45, 7) is 4.11. The van der Waals surface area contributed by atoms with Crippen molar-refractivity contribution in [1.29, 1.82) is 0 Å². The van der Waals surface area contributed by atoms with Gasteiger partial charge in [0.1, 0.15) is 0 Å². The smallest absolute Gasteiger partial charge is 0.394 e. The van der Waals surface area contributed by atoms with Crippen molar-refractivity contribution in [2.24, 2.45) is 0 Å². The normalized spacial score (nSPS) is 20.2. The zero-order valence-electron chi connectivity index (χ0n) is 10.1. The number of aliphatic hydroxyl groups excluding tert-OH is 1. The molecule has 0 spiro atoms. The summed E-state index contributed by atoms with van der Waals surface area (Å²) in [5.41, 5.74) is -0.620. The van der Waals surface area contributed by atoms with E-state index in [9.17, 15) is 13.2 Å². The number of likely N-dealkylation sites (N-methyl/N-ethyl adjacent to an activating group) is 1. The van der Waals surface area contributed by atoms with E-state index < -0.39 is 23.9 Å². The minimum atomic E-state index is -4.34. The van der Waals surface area contributed by atoms with Crippen LogP contribution in [0, 0.1) is 0 Å². The molecule has 6 heteroatoms. The van der Waals surface area contributed by atoms with Gasteiger partial charge in [0.05, 0.1) is 12.7 Å². The molecule has 0 rings (SSSR count). The van der Waals surface area contributed by atoms with Gasteiger partial charge in [-0.3, -0.25) is 0 Å². The third-order valence-corrected chi connectivity index (χ3v) is 2.59. The Bertz CT molecular complexity index is 205. The number of alkyl halides is 3. The number of hydrogen-bond acceptors (Lipinski definition) is 3. The molecule has 0 aliphatic heterocycles. The predicted molar refractivity (Wildman–Crippen MR) is 55.2 cm³/mol. The first-order chi connectivity index (χ1) is 7.14. The van der Waals surface area contributed by atoms with Crippen LogP contribution in [-0.2, 0) is 4.74 Å². The van der Waals surface area contributed by atoms with Gasteiger partial charge < -0.3 is 15.2 Å². The van der Waals surface area contributed by atoms with Gasteiger partial charge in [-0.2, -0.15) is 13.2 Å². The highest BCUT2D eigenvalue weighted by atomic mass is 19.4. The van der Waals surface area contributed by atoms with Crippen LogP contribution in [0.5, 0.6) is 0 Å². The molecule has 98 valence electrons. The second-order valence-corrected chi connectivity index (χ2v) is 4.30. The maximum absolute atomic E-state index is 12.2. The van der Waals surface area contributed by atoms with Gasteiger partial charge in [0, 0.05) is 5.54 Å². The molecule has 0 radical (unpaired) electrons. The van der Waals surface area contributed by atoms with Crippen molar-refractivity contribution >= 4 is 0 Å². The lowest BCUT2D eigenvalue weighted by Gasteiger charge is -2.31. The molecule has 16 heavy (non-hydrogen) atoms. The fourth-order valence-corrected chi connectivity index (χ4v) is 1.35. The van der Waals surface area contributed by atoms with Crippen molar-refractivity contribution in [2.45, 2.75) is 51.1 Å². The summed E-state index contributed by atoms with van der Waals surface area (Å²) >= 11 is 0. The van der Waals surface area contributed by atoms with E-state index in [-0.39, 0.29) is 6.61 Å².